The van der Waals surface area contributed by atoms with Gasteiger partial charge in [0.15, 0.2) is 0 Å². The summed E-state index contributed by atoms with van der Waals surface area (Å²) in [6, 6.07) is 0.387. The van der Waals surface area contributed by atoms with Gasteiger partial charge in [0, 0.05) is 6.04 Å². The molecule has 0 aromatic heterocycles. The van der Waals surface area contributed by atoms with Crippen LogP contribution in [0.5, 0.6) is 0 Å². The van der Waals surface area contributed by atoms with Gasteiger partial charge in [-0.2, -0.15) is 13.2 Å². The fourth-order valence-corrected chi connectivity index (χ4v) is 3.27. The number of hydrogen-bond acceptors (Lipinski definition) is 1. The Morgan fingerprint density at radius 2 is 1.62 bits per heavy atom. The lowest BCUT2D eigenvalue weighted by Crippen LogP contribution is -2.40. The van der Waals surface area contributed by atoms with Crippen molar-refractivity contribution in [2.24, 2.45) is 17.3 Å². The second-order valence-corrected chi connectivity index (χ2v) is 7.81. The summed E-state index contributed by atoms with van der Waals surface area (Å²) in [7, 11) is 0. The second kappa shape index (κ2) is 7.85. The second-order valence-electron chi connectivity index (χ2n) is 7.81. The van der Waals surface area contributed by atoms with Crippen molar-refractivity contribution in [3.8, 4) is 0 Å². The van der Waals surface area contributed by atoms with E-state index in [2.05, 4.69) is 33.0 Å². The van der Waals surface area contributed by atoms with Crippen LogP contribution in [0.4, 0.5) is 13.2 Å². The van der Waals surface area contributed by atoms with Crippen molar-refractivity contribution >= 4 is 0 Å². The van der Waals surface area contributed by atoms with Crippen LogP contribution in [0.15, 0.2) is 0 Å². The van der Waals surface area contributed by atoms with Crippen LogP contribution in [-0.2, 0) is 0 Å². The molecule has 21 heavy (non-hydrogen) atoms. The molecule has 0 spiro atoms. The zero-order valence-electron chi connectivity index (χ0n) is 14.0. The summed E-state index contributed by atoms with van der Waals surface area (Å²) in [6.45, 7) is 9.78. The highest BCUT2D eigenvalue weighted by molar-refractivity contribution is 4.85. The molecule has 0 saturated heterocycles. The summed E-state index contributed by atoms with van der Waals surface area (Å²) >= 11 is 0. The SMILES string of the molecule is CCCNC(CCC(C)(C)C)C1CCC(C(F)(F)F)CC1. The van der Waals surface area contributed by atoms with E-state index in [0.717, 1.165) is 38.6 Å². The third-order valence-corrected chi connectivity index (χ3v) is 4.67. The van der Waals surface area contributed by atoms with Crippen LogP contribution in [0, 0.1) is 17.3 Å². The van der Waals surface area contributed by atoms with E-state index in [-0.39, 0.29) is 5.41 Å². The van der Waals surface area contributed by atoms with Crippen LogP contribution in [0.25, 0.3) is 0 Å². The summed E-state index contributed by atoms with van der Waals surface area (Å²) in [5, 5.41) is 3.58. The first-order valence-electron chi connectivity index (χ1n) is 8.43. The van der Waals surface area contributed by atoms with Crippen molar-refractivity contribution in [3.05, 3.63) is 0 Å². The van der Waals surface area contributed by atoms with Crippen molar-refractivity contribution in [3.63, 3.8) is 0 Å². The van der Waals surface area contributed by atoms with E-state index in [0.29, 0.717) is 24.8 Å². The number of hydrogen-bond donors (Lipinski definition) is 1. The Morgan fingerprint density at radius 1 is 1.05 bits per heavy atom. The third-order valence-electron chi connectivity index (χ3n) is 4.67. The van der Waals surface area contributed by atoms with E-state index < -0.39 is 12.1 Å². The summed E-state index contributed by atoms with van der Waals surface area (Å²) in [5.74, 6) is -0.652. The van der Waals surface area contributed by atoms with Gasteiger partial charge >= 0.3 is 6.18 Å². The predicted octanol–water partition coefficient (Wildman–Crippen LogP) is 5.55. The highest BCUT2D eigenvalue weighted by Gasteiger charge is 2.42. The number of halogens is 3. The summed E-state index contributed by atoms with van der Waals surface area (Å²) in [4.78, 5) is 0. The lowest BCUT2D eigenvalue weighted by atomic mass is 9.75. The van der Waals surface area contributed by atoms with Crippen LogP contribution in [0.1, 0.15) is 72.6 Å². The zero-order valence-corrected chi connectivity index (χ0v) is 14.0. The van der Waals surface area contributed by atoms with Gasteiger partial charge in [-0.15, -0.1) is 0 Å². The minimum atomic E-state index is -4.00. The topological polar surface area (TPSA) is 12.0 Å². The van der Waals surface area contributed by atoms with Gasteiger partial charge in [0.1, 0.15) is 0 Å². The van der Waals surface area contributed by atoms with Crippen LogP contribution in [0.2, 0.25) is 0 Å². The molecular formula is C17H32F3N. The first-order chi connectivity index (χ1) is 9.63. The highest BCUT2D eigenvalue weighted by atomic mass is 19.4. The average Bonchev–Trinajstić information content (AvgIpc) is 2.37. The van der Waals surface area contributed by atoms with E-state index in [4.69, 9.17) is 0 Å². The summed E-state index contributed by atoms with van der Waals surface area (Å²) in [5.41, 5.74) is 0.287. The molecule has 0 aromatic rings. The molecule has 0 heterocycles. The molecule has 1 atom stereocenters. The molecule has 1 fully saturated rings. The Labute approximate surface area is 128 Å². The predicted molar refractivity (Wildman–Crippen MR) is 82.3 cm³/mol. The van der Waals surface area contributed by atoms with Crippen molar-refractivity contribution in [2.75, 3.05) is 6.54 Å². The van der Waals surface area contributed by atoms with E-state index >= 15 is 0 Å². The molecule has 0 bridgehead atoms. The quantitative estimate of drug-likeness (QED) is 0.678. The fourth-order valence-electron chi connectivity index (χ4n) is 3.27. The number of alkyl halides is 3. The first-order valence-corrected chi connectivity index (χ1v) is 8.43. The molecule has 0 aromatic carbocycles. The van der Waals surface area contributed by atoms with E-state index in [1.54, 1.807) is 0 Å². The Morgan fingerprint density at radius 3 is 2.05 bits per heavy atom. The van der Waals surface area contributed by atoms with Crippen molar-refractivity contribution < 1.29 is 13.2 Å². The molecule has 1 nitrogen and oxygen atoms in total. The molecule has 1 aliphatic rings. The summed E-state index contributed by atoms with van der Waals surface area (Å²) in [6.07, 6.45) is 1.33. The van der Waals surface area contributed by atoms with Crippen LogP contribution >= 0.6 is 0 Å². The van der Waals surface area contributed by atoms with Gasteiger partial charge in [0.2, 0.25) is 0 Å². The maximum Gasteiger partial charge on any atom is 0.391 e. The molecule has 0 amide bonds. The minimum Gasteiger partial charge on any atom is -0.314 e. The molecule has 1 rings (SSSR count). The molecule has 126 valence electrons. The maximum absolute atomic E-state index is 12.8. The molecule has 4 heteroatoms. The Bertz CT molecular complexity index is 285. The number of rotatable bonds is 6. The monoisotopic (exact) mass is 307 g/mol. The highest BCUT2D eigenvalue weighted by Crippen LogP contribution is 2.41. The van der Waals surface area contributed by atoms with E-state index in [9.17, 15) is 13.2 Å². The summed E-state index contributed by atoms with van der Waals surface area (Å²) < 4.78 is 38.3. The fraction of sp³-hybridized carbons (Fsp3) is 1.00. The standard InChI is InChI=1S/C17H32F3N/c1-5-12-21-15(10-11-16(2,3)4)13-6-8-14(9-7-13)17(18,19)20/h13-15,21H,5-12H2,1-4H3. The maximum atomic E-state index is 12.8. The lowest BCUT2D eigenvalue weighted by Gasteiger charge is -2.36. The van der Waals surface area contributed by atoms with Gasteiger partial charge in [0.05, 0.1) is 5.92 Å². The largest absolute Gasteiger partial charge is 0.391 e. The molecule has 1 N–H and O–H groups in total. The lowest BCUT2D eigenvalue weighted by molar-refractivity contribution is -0.184. The molecule has 1 aliphatic carbocycles. The van der Waals surface area contributed by atoms with Gasteiger partial charge in [-0.3, -0.25) is 0 Å². The van der Waals surface area contributed by atoms with Gasteiger partial charge in [-0.25, -0.2) is 0 Å². The molecule has 1 unspecified atom stereocenters. The third kappa shape index (κ3) is 7.03. The van der Waals surface area contributed by atoms with Gasteiger partial charge in [0.25, 0.3) is 0 Å². The Hall–Kier alpha value is -0.250. The minimum absolute atomic E-state index is 0.287. The smallest absolute Gasteiger partial charge is 0.314 e. The van der Waals surface area contributed by atoms with E-state index in [1.807, 2.05) is 0 Å². The zero-order chi connectivity index (χ0) is 16.1. The number of nitrogens with one attached hydrogen (secondary N) is 1. The Kier molecular flexibility index (Phi) is 7.02. The van der Waals surface area contributed by atoms with Crippen molar-refractivity contribution in [1.29, 1.82) is 0 Å². The molecular weight excluding hydrogens is 275 g/mol. The average molecular weight is 307 g/mol. The van der Waals surface area contributed by atoms with Gasteiger partial charge in [-0.05, 0) is 62.8 Å². The van der Waals surface area contributed by atoms with Crippen LogP contribution in [-0.4, -0.2) is 18.8 Å². The molecule has 1 saturated carbocycles. The van der Waals surface area contributed by atoms with Crippen LogP contribution < -0.4 is 5.32 Å². The van der Waals surface area contributed by atoms with Crippen molar-refractivity contribution in [2.45, 2.75) is 84.9 Å². The Balaban J connectivity index is 2.52. The van der Waals surface area contributed by atoms with Crippen molar-refractivity contribution in [1.82, 2.24) is 5.32 Å². The first kappa shape index (κ1) is 18.8. The van der Waals surface area contributed by atoms with Crippen LogP contribution in [0.3, 0.4) is 0 Å². The van der Waals surface area contributed by atoms with Gasteiger partial charge < -0.3 is 5.32 Å². The molecule has 0 radical (unpaired) electrons. The van der Waals surface area contributed by atoms with E-state index in [1.165, 1.54) is 0 Å². The normalized spacial score (nSPS) is 25.9. The van der Waals surface area contributed by atoms with Gasteiger partial charge in [-0.1, -0.05) is 27.7 Å². The molecule has 0 aliphatic heterocycles.